The van der Waals surface area contributed by atoms with Crippen LogP contribution in [-0.2, 0) is 4.79 Å². The summed E-state index contributed by atoms with van der Waals surface area (Å²) in [6.45, 7) is 1.93. The van der Waals surface area contributed by atoms with Crippen LogP contribution in [0.25, 0.3) is 0 Å². The van der Waals surface area contributed by atoms with E-state index in [4.69, 9.17) is 5.11 Å². The Balaban J connectivity index is 2.22. The summed E-state index contributed by atoms with van der Waals surface area (Å²) in [6.07, 6.45) is 3.18. The highest BCUT2D eigenvalue weighted by Crippen LogP contribution is 2.61. The van der Waals surface area contributed by atoms with Gasteiger partial charge in [0.05, 0.1) is 5.41 Å². The zero-order valence-electron chi connectivity index (χ0n) is 8.40. The van der Waals surface area contributed by atoms with Crippen LogP contribution in [0.4, 0.5) is 0 Å². The topological polar surface area (TPSA) is 50.2 Å². The maximum absolute atomic E-state index is 11.1. The number of carboxylic acids is 1. The molecule has 0 amide bonds. The Morgan fingerprint density at radius 1 is 1.73 bits per heavy atom. The van der Waals surface area contributed by atoms with E-state index in [2.05, 4.69) is 20.9 Å². The Kier molecular flexibility index (Phi) is 2.54. The molecule has 2 unspecified atom stereocenters. The minimum absolute atomic E-state index is 0.139. The van der Waals surface area contributed by atoms with Gasteiger partial charge in [0.2, 0.25) is 0 Å². The Morgan fingerprint density at radius 2 is 2.47 bits per heavy atom. The summed E-state index contributed by atoms with van der Waals surface area (Å²) in [4.78, 5) is 15.3. The normalized spacial score (nSPS) is 28.8. The van der Waals surface area contributed by atoms with Gasteiger partial charge in [-0.25, -0.2) is 4.98 Å². The van der Waals surface area contributed by atoms with Gasteiger partial charge in [-0.2, -0.15) is 0 Å². The molecule has 0 radical (unpaired) electrons. The summed E-state index contributed by atoms with van der Waals surface area (Å²) >= 11 is 3.26. The van der Waals surface area contributed by atoms with Crippen molar-refractivity contribution in [2.24, 2.45) is 5.41 Å². The van der Waals surface area contributed by atoms with Gasteiger partial charge in [-0.15, -0.1) is 0 Å². The monoisotopic (exact) mass is 269 g/mol. The van der Waals surface area contributed by atoms with E-state index >= 15 is 0 Å². The summed E-state index contributed by atoms with van der Waals surface area (Å²) in [5.41, 5.74) is 0.498. The van der Waals surface area contributed by atoms with Crippen LogP contribution < -0.4 is 0 Å². The molecular formula is C11H12BrNO2. The molecule has 1 aliphatic rings. The van der Waals surface area contributed by atoms with Gasteiger partial charge in [0, 0.05) is 12.1 Å². The van der Waals surface area contributed by atoms with Gasteiger partial charge >= 0.3 is 5.97 Å². The summed E-state index contributed by atoms with van der Waals surface area (Å²) in [5, 5.41) is 9.16. The third-order valence-corrected chi connectivity index (χ3v) is 3.75. The third-order valence-electron chi connectivity index (χ3n) is 3.28. The van der Waals surface area contributed by atoms with E-state index < -0.39 is 11.4 Å². The van der Waals surface area contributed by atoms with E-state index in [1.54, 1.807) is 6.20 Å². The van der Waals surface area contributed by atoms with E-state index in [9.17, 15) is 4.79 Å². The molecule has 1 heterocycles. The molecule has 1 saturated carbocycles. The predicted molar refractivity (Wildman–Crippen MR) is 59.7 cm³/mol. The number of hydrogen-bond donors (Lipinski definition) is 1. The number of nitrogens with zero attached hydrogens (tertiary/aromatic N) is 1. The molecule has 2 rings (SSSR count). The molecule has 0 aromatic carbocycles. The van der Waals surface area contributed by atoms with E-state index in [0.717, 1.165) is 16.6 Å². The van der Waals surface area contributed by atoms with Crippen LogP contribution in [0.1, 0.15) is 31.2 Å². The number of aliphatic carboxylic acids is 1. The molecule has 0 spiro atoms. The molecule has 15 heavy (non-hydrogen) atoms. The molecule has 1 aliphatic carbocycles. The molecule has 0 bridgehead atoms. The van der Waals surface area contributed by atoms with Crippen molar-refractivity contribution in [2.45, 2.75) is 25.7 Å². The number of rotatable bonds is 3. The highest BCUT2D eigenvalue weighted by Gasteiger charge is 2.59. The summed E-state index contributed by atoms with van der Waals surface area (Å²) < 4.78 is 0.782. The zero-order chi connectivity index (χ0) is 11.1. The number of aromatic nitrogens is 1. The van der Waals surface area contributed by atoms with Crippen molar-refractivity contribution in [3.05, 3.63) is 28.5 Å². The van der Waals surface area contributed by atoms with Crippen molar-refractivity contribution in [3.8, 4) is 0 Å². The first-order chi connectivity index (χ1) is 7.10. The molecule has 4 heteroatoms. The highest BCUT2D eigenvalue weighted by molar-refractivity contribution is 9.10. The van der Waals surface area contributed by atoms with E-state index in [-0.39, 0.29) is 5.92 Å². The van der Waals surface area contributed by atoms with Gasteiger partial charge in [0.25, 0.3) is 0 Å². The zero-order valence-corrected chi connectivity index (χ0v) is 9.99. The first kappa shape index (κ1) is 10.6. The van der Waals surface area contributed by atoms with Crippen LogP contribution in [0.15, 0.2) is 22.9 Å². The van der Waals surface area contributed by atoms with Gasteiger partial charge in [0.1, 0.15) is 4.60 Å². The first-order valence-electron chi connectivity index (χ1n) is 4.95. The first-order valence-corrected chi connectivity index (χ1v) is 5.74. The average Bonchev–Trinajstić information content (AvgIpc) is 2.95. The van der Waals surface area contributed by atoms with Gasteiger partial charge in [-0.3, -0.25) is 4.79 Å². The molecule has 0 saturated heterocycles. The van der Waals surface area contributed by atoms with Crippen molar-refractivity contribution in [3.63, 3.8) is 0 Å². The fourth-order valence-electron chi connectivity index (χ4n) is 2.11. The minimum atomic E-state index is -0.682. The smallest absolute Gasteiger partial charge is 0.310 e. The lowest BCUT2D eigenvalue weighted by Gasteiger charge is -2.08. The molecule has 1 aromatic heterocycles. The molecular weight excluding hydrogens is 258 g/mol. The van der Waals surface area contributed by atoms with Gasteiger partial charge in [-0.1, -0.05) is 13.0 Å². The molecule has 80 valence electrons. The van der Waals surface area contributed by atoms with Crippen LogP contribution >= 0.6 is 15.9 Å². The fourth-order valence-corrected chi connectivity index (χ4v) is 2.35. The van der Waals surface area contributed by atoms with Crippen LogP contribution in [0.3, 0.4) is 0 Å². The predicted octanol–water partition coefficient (Wildman–Crippen LogP) is 2.81. The fraction of sp³-hybridized carbons (Fsp3) is 0.455. The van der Waals surface area contributed by atoms with Crippen molar-refractivity contribution >= 4 is 21.9 Å². The van der Waals surface area contributed by atoms with Crippen LogP contribution in [0.5, 0.6) is 0 Å². The molecule has 1 fully saturated rings. The SMILES string of the molecule is CCC1(C(=O)O)CC1c1ccc(Br)nc1. The van der Waals surface area contributed by atoms with Crippen molar-refractivity contribution in [1.29, 1.82) is 0 Å². The molecule has 3 nitrogen and oxygen atoms in total. The second-order valence-corrected chi connectivity index (χ2v) is 4.80. The van der Waals surface area contributed by atoms with Crippen molar-refractivity contribution in [2.75, 3.05) is 0 Å². The molecule has 2 atom stereocenters. The highest BCUT2D eigenvalue weighted by atomic mass is 79.9. The molecule has 1 N–H and O–H groups in total. The minimum Gasteiger partial charge on any atom is -0.481 e. The number of pyridine rings is 1. The lowest BCUT2D eigenvalue weighted by atomic mass is 9.97. The Bertz CT molecular complexity index is 390. The van der Waals surface area contributed by atoms with E-state index in [0.29, 0.717) is 6.42 Å². The van der Waals surface area contributed by atoms with Crippen LogP contribution in [0, 0.1) is 5.41 Å². The standard InChI is InChI=1S/C11H12BrNO2/c1-2-11(10(14)15)5-8(11)7-3-4-9(12)13-6-7/h3-4,6,8H,2,5H2,1H3,(H,14,15). The van der Waals surface area contributed by atoms with Crippen LogP contribution in [0.2, 0.25) is 0 Å². The van der Waals surface area contributed by atoms with Crippen molar-refractivity contribution < 1.29 is 9.90 Å². The maximum atomic E-state index is 11.1. The number of hydrogen-bond acceptors (Lipinski definition) is 2. The summed E-state index contributed by atoms with van der Waals surface area (Å²) in [7, 11) is 0. The third kappa shape index (κ3) is 1.67. The van der Waals surface area contributed by atoms with Gasteiger partial charge in [-0.05, 0) is 40.4 Å². The number of carbonyl (C=O) groups is 1. The van der Waals surface area contributed by atoms with E-state index in [1.165, 1.54) is 0 Å². The Hall–Kier alpha value is -0.900. The largest absolute Gasteiger partial charge is 0.481 e. The number of halogens is 1. The molecule has 1 aromatic rings. The van der Waals surface area contributed by atoms with E-state index in [1.807, 2.05) is 19.1 Å². The summed E-state index contributed by atoms with van der Waals surface area (Å²) in [6, 6.07) is 3.80. The lowest BCUT2D eigenvalue weighted by molar-refractivity contribution is -0.143. The second kappa shape index (κ2) is 3.59. The lowest BCUT2D eigenvalue weighted by Crippen LogP contribution is -2.15. The second-order valence-electron chi connectivity index (χ2n) is 3.99. The average molecular weight is 270 g/mol. The van der Waals surface area contributed by atoms with Crippen molar-refractivity contribution in [1.82, 2.24) is 4.98 Å². The van der Waals surface area contributed by atoms with Gasteiger partial charge < -0.3 is 5.11 Å². The quantitative estimate of drug-likeness (QED) is 0.859. The van der Waals surface area contributed by atoms with Gasteiger partial charge in [0.15, 0.2) is 0 Å². The Labute approximate surface area is 96.7 Å². The maximum Gasteiger partial charge on any atom is 0.310 e. The molecule has 0 aliphatic heterocycles. The van der Waals surface area contributed by atoms with Crippen LogP contribution in [-0.4, -0.2) is 16.1 Å². The Morgan fingerprint density at radius 3 is 2.87 bits per heavy atom. The number of carboxylic acid groups (broad SMARTS) is 1. The summed E-state index contributed by atoms with van der Waals surface area (Å²) in [5.74, 6) is -0.543.